The minimum atomic E-state index is -0.0340. The number of rotatable bonds is 5. The number of anilines is 1. The number of aromatic nitrogens is 2. The van der Waals surface area contributed by atoms with E-state index in [1.807, 2.05) is 41.1 Å². The topological polar surface area (TPSA) is 66.9 Å². The van der Waals surface area contributed by atoms with Gasteiger partial charge in [0.1, 0.15) is 5.82 Å². The Bertz CT molecular complexity index is 786. The first kappa shape index (κ1) is 14.5. The zero-order valence-electron chi connectivity index (χ0n) is 12.2. The third kappa shape index (κ3) is 3.23. The maximum absolute atomic E-state index is 10.9. The SMILES string of the molecule is CC(=O)NCCNc1nc(-c2ccsc2)nc2ccccc12. The van der Waals surface area contributed by atoms with E-state index >= 15 is 0 Å². The predicted octanol–water partition coefficient (Wildman–Crippen LogP) is 2.91. The van der Waals surface area contributed by atoms with Crippen LogP contribution in [0, 0.1) is 0 Å². The highest BCUT2D eigenvalue weighted by Crippen LogP contribution is 2.25. The number of hydrogen-bond acceptors (Lipinski definition) is 5. The van der Waals surface area contributed by atoms with E-state index in [9.17, 15) is 4.79 Å². The Balaban J connectivity index is 1.91. The van der Waals surface area contributed by atoms with Crippen LogP contribution < -0.4 is 10.6 Å². The van der Waals surface area contributed by atoms with E-state index in [1.54, 1.807) is 11.3 Å². The van der Waals surface area contributed by atoms with Crippen LogP contribution >= 0.6 is 11.3 Å². The van der Waals surface area contributed by atoms with Gasteiger partial charge in [-0.2, -0.15) is 11.3 Å². The van der Waals surface area contributed by atoms with Crippen LogP contribution in [0.1, 0.15) is 6.92 Å². The summed E-state index contributed by atoms with van der Waals surface area (Å²) in [5.74, 6) is 1.47. The number of hydrogen-bond donors (Lipinski definition) is 2. The molecule has 3 aromatic rings. The van der Waals surface area contributed by atoms with E-state index < -0.39 is 0 Å². The molecule has 3 rings (SSSR count). The van der Waals surface area contributed by atoms with Crippen LogP contribution in [0.5, 0.6) is 0 Å². The van der Waals surface area contributed by atoms with E-state index in [1.165, 1.54) is 6.92 Å². The molecule has 112 valence electrons. The standard InChI is InChI=1S/C16H16N4OS/c1-11(21)17-7-8-18-16-13-4-2-3-5-14(13)19-15(20-16)12-6-9-22-10-12/h2-6,9-10H,7-8H2,1H3,(H,17,21)(H,18,19,20). The largest absolute Gasteiger partial charge is 0.368 e. The van der Waals surface area contributed by atoms with Crippen LogP contribution in [-0.4, -0.2) is 29.0 Å². The fraction of sp³-hybridized carbons (Fsp3) is 0.188. The second-order valence-corrected chi connectivity index (χ2v) is 5.61. The van der Waals surface area contributed by atoms with Crippen molar-refractivity contribution >= 4 is 34.0 Å². The van der Waals surface area contributed by atoms with Crippen LogP contribution in [0.25, 0.3) is 22.3 Å². The van der Waals surface area contributed by atoms with Gasteiger partial charge in [-0.05, 0) is 23.6 Å². The number of nitrogens with zero attached hydrogens (tertiary/aromatic N) is 2. The first-order chi connectivity index (χ1) is 10.7. The number of thiophene rings is 1. The highest BCUT2D eigenvalue weighted by molar-refractivity contribution is 7.08. The summed E-state index contributed by atoms with van der Waals surface area (Å²) in [6, 6.07) is 9.91. The second kappa shape index (κ2) is 6.53. The number of carbonyl (C=O) groups is 1. The highest BCUT2D eigenvalue weighted by atomic mass is 32.1. The Morgan fingerprint density at radius 1 is 1.18 bits per heavy atom. The average molecular weight is 312 g/mol. The van der Waals surface area contributed by atoms with Gasteiger partial charge in [-0.25, -0.2) is 9.97 Å². The summed E-state index contributed by atoms with van der Waals surface area (Å²) in [7, 11) is 0. The zero-order chi connectivity index (χ0) is 15.4. The van der Waals surface area contributed by atoms with Gasteiger partial charge in [0.15, 0.2) is 5.82 Å². The van der Waals surface area contributed by atoms with E-state index in [2.05, 4.69) is 20.6 Å². The molecule has 2 aromatic heterocycles. The predicted molar refractivity (Wildman–Crippen MR) is 90.0 cm³/mol. The van der Waals surface area contributed by atoms with E-state index in [0.29, 0.717) is 18.9 Å². The van der Waals surface area contributed by atoms with Crippen molar-refractivity contribution in [3.05, 3.63) is 41.1 Å². The van der Waals surface area contributed by atoms with Gasteiger partial charge in [0.05, 0.1) is 5.52 Å². The molecule has 0 saturated carbocycles. The van der Waals surface area contributed by atoms with Crippen molar-refractivity contribution in [1.29, 1.82) is 0 Å². The number of benzene rings is 1. The van der Waals surface area contributed by atoms with Gasteiger partial charge in [-0.3, -0.25) is 4.79 Å². The van der Waals surface area contributed by atoms with Crippen molar-refractivity contribution in [3.63, 3.8) is 0 Å². The van der Waals surface area contributed by atoms with Crippen molar-refractivity contribution in [2.45, 2.75) is 6.92 Å². The van der Waals surface area contributed by atoms with E-state index in [0.717, 1.165) is 22.3 Å². The monoisotopic (exact) mass is 312 g/mol. The van der Waals surface area contributed by atoms with Gasteiger partial charge in [-0.15, -0.1) is 0 Å². The molecule has 0 atom stereocenters. The average Bonchev–Trinajstić information content (AvgIpc) is 3.05. The molecular formula is C16H16N4OS. The van der Waals surface area contributed by atoms with Crippen LogP contribution in [0.15, 0.2) is 41.1 Å². The molecule has 0 saturated heterocycles. The lowest BCUT2D eigenvalue weighted by molar-refractivity contribution is -0.118. The summed E-state index contributed by atoms with van der Waals surface area (Å²) in [6.07, 6.45) is 0. The van der Waals surface area contributed by atoms with Gasteiger partial charge in [0.2, 0.25) is 5.91 Å². The first-order valence-electron chi connectivity index (χ1n) is 7.02. The van der Waals surface area contributed by atoms with Crippen LogP contribution in [0.3, 0.4) is 0 Å². The summed E-state index contributed by atoms with van der Waals surface area (Å²) in [4.78, 5) is 20.2. The molecule has 0 bridgehead atoms. The molecule has 2 heterocycles. The summed E-state index contributed by atoms with van der Waals surface area (Å²) in [6.45, 7) is 2.68. The maximum Gasteiger partial charge on any atom is 0.216 e. The van der Waals surface area contributed by atoms with Gasteiger partial charge in [0, 0.05) is 36.3 Å². The molecule has 1 aromatic carbocycles. The Morgan fingerprint density at radius 2 is 2.05 bits per heavy atom. The Hall–Kier alpha value is -2.47. The molecule has 0 aliphatic carbocycles. The number of carbonyl (C=O) groups excluding carboxylic acids is 1. The summed E-state index contributed by atoms with van der Waals surface area (Å²) in [5, 5.41) is 11.1. The fourth-order valence-electron chi connectivity index (χ4n) is 2.15. The van der Waals surface area contributed by atoms with E-state index in [4.69, 9.17) is 0 Å². The summed E-state index contributed by atoms with van der Waals surface area (Å²) >= 11 is 1.62. The molecule has 0 radical (unpaired) electrons. The first-order valence-corrected chi connectivity index (χ1v) is 7.96. The lowest BCUT2D eigenvalue weighted by atomic mass is 10.2. The van der Waals surface area contributed by atoms with Crippen molar-refractivity contribution in [2.75, 3.05) is 18.4 Å². The lowest BCUT2D eigenvalue weighted by Gasteiger charge is -2.10. The summed E-state index contributed by atoms with van der Waals surface area (Å²) in [5.41, 5.74) is 1.92. The molecular weight excluding hydrogens is 296 g/mol. The van der Waals surface area contributed by atoms with Crippen molar-refractivity contribution in [1.82, 2.24) is 15.3 Å². The maximum atomic E-state index is 10.9. The van der Waals surface area contributed by atoms with Gasteiger partial charge < -0.3 is 10.6 Å². The molecule has 1 amide bonds. The third-order valence-electron chi connectivity index (χ3n) is 3.17. The zero-order valence-corrected chi connectivity index (χ0v) is 13.0. The minimum absolute atomic E-state index is 0.0340. The van der Waals surface area contributed by atoms with Gasteiger partial charge in [0.25, 0.3) is 0 Å². The molecule has 0 unspecified atom stereocenters. The van der Waals surface area contributed by atoms with Crippen molar-refractivity contribution < 1.29 is 4.79 Å². The normalized spacial score (nSPS) is 10.6. The molecule has 5 nitrogen and oxygen atoms in total. The quantitative estimate of drug-likeness (QED) is 0.711. The van der Waals surface area contributed by atoms with Crippen LogP contribution in [-0.2, 0) is 4.79 Å². The third-order valence-corrected chi connectivity index (χ3v) is 3.86. The number of nitrogens with one attached hydrogen (secondary N) is 2. The number of para-hydroxylation sites is 1. The fourth-order valence-corrected chi connectivity index (χ4v) is 2.79. The van der Waals surface area contributed by atoms with E-state index in [-0.39, 0.29) is 5.91 Å². The Kier molecular flexibility index (Phi) is 4.29. The highest BCUT2D eigenvalue weighted by Gasteiger charge is 2.09. The molecule has 22 heavy (non-hydrogen) atoms. The molecule has 0 aliphatic rings. The number of fused-ring (bicyclic) bond motifs is 1. The minimum Gasteiger partial charge on any atom is -0.368 e. The molecule has 0 aliphatic heterocycles. The second-order valence-electron chi connectivity index (χ2n) is 4.83. The molecule has 0 spiro atoms. The van der Waals surface area contributed by atoms with Crippen LogP contribution in [0.4, 0.5) is 5.82 Å². The molecule has 6 heteroatoms. The number of amides is 1. The smallest absolute Gasteiger partial charge is 0.216 e. The van der Waals surface area contributed by atoms with Crippen LogP contribution in [0.2, 0.25) is 0 Å². The van der Waals surface area contributed by atoms with Crippen molar-refractivity contribution in [3.8, 4) is 11.4 Å². The lowest BCUT2D eigenvalue weighted by Crippen LogP contribution is -2.26. The molecule has 2 N–H and O–H groups in total. The Labute approximate surface area is 132 Å². The molecule has 0 fully saturated rings. The van der Waals surface area contributed by atoms with Gasteiger partial charge >= 0.3 is 0 Å². The van der Waals surface area contributed by atoms with Gasteiger partial charge in [-0.1, -0.05) is 12.1 Å². The Morgan fingerprint density at radius 3 is 2.82 bits per heavy atom. The summed E-state index contributed by atoms with van der Waals surface area (Å²) < 4.78 is 0. The van der Waals surface area contributed by atoms with Crippen molar-refractivity contribution in [2.24, 2.45) is 0 Å².